The zero-order chi connectivity index (χ0) is 17.1. The highest BCUT2D eigenvalue weighted by Gasteiger charge is 2.09. The fourth-order valence-electron chi connectivity index (χ4n) is 2.12. The van der Waals surface area contributed by atoms with Crippen LogP contribution in [-0.2, 0) is 11.2 Å². The number of aromatic hydroxyl groups is 1. The highest BCUT2D eigenvalue weighted by Crippen LogP contribution is 2.23. The Morgan fingerprint density at radius 3 is 2.62 bits per heavy atom. The van der Waals surface area contributed by atoms with Crippen molar-refractivity contribution in [2.45, 2.75) is 6.42 Å². The number of carbonyl (C=O) groups is 1. The van der Waals surface area contributed by atoms with Gasteiger partial charge in [0.05, 0.1) is 12.1 Å². The van der Waals surface area contributed by atoms with Crippen LogP contribution >= 0.6 is 15.9 Å². The first-order valence-corrected chi connectivity index (χ1v) is 7.70. The summed E-state index contributed by atoms with van der Waals surface area (Å²) in [4.78, 5) is 23.5. The first kappa shape index (κ1) is 15.9. The molecule has 0 saturated carbocycles. The fraction of sp³-hybridized carbons (Fsp3) is 0.0667. The van der Waals surface area contributed by atoms with E-state index in [2.05, 4.69) is 36.8 Å². The minimum absolute atomic E-state index is 0.0452. The van der Waals surface area contributed by atoms with Crippen molar-refractivity contribution in [1.82, 2.24) is 20.2 Å². The molecule has 1 aromatic heterocycles. The van der Waals surface area contributed by atoms with Gasteiger partial charge >= 0.3 is 5.69 Å². The topological polar surface area (TPSA) is 113 Å². The van der Waals surface area contributed by atoms with Crippen molar-refractivity contribution < 1.29 is 9.90 Å². The van der Waals surface area contributed by atoms with Gasteiger partial charge in [0.25, 0.3) is 0 Å². The van der Waals surface area contributed by atoms with Gasteiger partial charge < -0.3 is 10.4 Å². The van der Waals surface area contributed by atoms with Gasteiger partial charge in [-0.3, -0.25) is 4.79 Å². The number of nitrogens with one attached hydrogen (secondary N) is 2. The van der Waals surface area contributed by atoms with Crippen molar-refractivity contribution in [3.05, 3.63) is 63.0 Å². The number of phenolic OH excluding ortho intramolecular Hbond substituents is 1. The van der Waals surface area contributed by atoms with Gasteiger partial charge in [-0.2, -0.15) is 4.68 Å². The SMILES string of the molecule is O=C(Cc1ccc(Br)cc1O)Nc1ccc(-n2nn[nH]c2=O)cc1. The first-order valence-electron chi connectivity index (χ1n) is 6.91. The average Bonchev–Trinajstić information content (AvgIpc) is 2.97. The third kappa shape index (κ3) is 3.51. The van der Waals surface area contributed by atoms with Gasteiger partial charge in [-0.05, 0) is 46.8 Å². The minimum Gasteiger partial charge on any atom is -0.508 e. The van der Waals surface area contributed by atoms with Crippen LogP contribution in [0.5, 0.6) is 5.75 Å². The smallest absolute Gasteiger partial charge is 0.365 e. The Bertz CT molecular complexity index is 933. The number of benzene rings is 2. The van der Waals surface area contributed by atoms with Crippen LogP contribution in [0.25, 0.3) is 5.69 Å². The van der Waals surface area contributed by atoms with E-state index in [9.17, 15) is 14.7 Å². The number of rotatable bonds is 4. The largest absolute Gasteiger partial charge is 0.508 e. The second-order valence-corrected chi connectivity index (χ2v) is 5.88. The van der Waals surface area contributed by atoms with Crippen molar-refractivity contribution in [3.8, 4) is 11.4 Å². The minimum atomic E-state index is -0.447. The molecule has 0 aliphatic heterocycles. The summed E-state index contributed by atoms with van der Waals surface area (Å²) in [7, 11) is 0. The number of anilines is 1. The highest BCUT2D eigenvalue weighted by molar-refractivity contribution is 9.10. The van der Waals surface area contributed by atoms with Crippen LogP contribution < -0.4 is 11.0 Å². The standard InChI is InChI=1S/C15H12BrN5O3/c16-10-2-1-9(13(22)8-10)7-14(23)17-11-3-5-12(6-4-11)21-15(24)18-19-20-21/h1-6,8,22H,7H2,(H,17,23)(H,18,20,24). The van der Waals surface area contributed by atoms with E-state index in [1.807, 2.05) is 0 Å². The predicted octanol–water partition coefficient (Wildman–Crippen LogP) is 1.60. The van der Waals surface area contributed by atoms with Crippen molar-refractivity contribution in [1.29, 1.82) is 0 Å². The molecule has 1 amide bonds. The molecule has 0 spiro atoms. The van der Waals surface area contributed by atoms with Crippen molar-refractivity contribution in [2.24, 2.45) is 0 Å². The van der Waals surface area contributed by atoms with E-state index in [4.69, 9.17) is 0 Å². The van der Waals surface area contributed by atoms with E-state index < -0.39 is 5.69 Å². The fourth-order valence-corrected chi connectivity index (χ4v) is 2.47. The molecule has 0 aliphatic carbocycles. The number of carbonyl (C=O) groups excluding carboxylic acids is 1. The van der Waals surface area contributed by atoms with Gasteiger partial charge in [-0.15, -0.1) is 0 Å². The molecule has 1 heterocycles. The van der Waals surface area contributed by atoms with Crippen LogP contribution in [0.3, 0.4) is 0 Å². The van der Waals surface area contributed by atoms with Crippen LogP contribution in [-0.4, -0.2) is 31.2 Å². The molecule has 2 aromatic carbocycles. The van der Waals surface area contributed by atoms with E-state index >= 15 is 0 Å². The molecule has 3 rings (SSSR count). The molecule has 0 saturated heterocycles. The van der Waals surface area contributed by atoms with Crippen molar-refractivity contribution in [3.63, 3.8) is 0 Å². The number of aromatic amines is 1. The van der Waals surface area contributed by atoms with Crippen LogP contribution in [0.1, 0.15) is 5.56 Å². The first-order chi connectivity index (χ1) is 11.5. The lowest BCUT2D eigenvalue weighted by Crippen LogP contribution is -2.16. The Kier molecular flexibility index (Phi) is 4.43. The van der Waals surface area contributed by atoms with Gasteiger partial charge in [-0.25, -0.2) is 9.89 Å². The lowest BCUT2D eigenvalue weighted by Gasteiger charge is -2.08. The summed E-state index contributed by atoms with van der Waals surface area (Å²) in [5.74, 6) is -0.209. The second-order valence-electron chi connectivity index (χ2n) is 4.96. The predicted molar refractivity (Wildman–Crippen MR) is 90.1 cm³/mol. The van der Waals surface area contributed by atoms with Gasteiger partial charge in [0.2, 0.25) is 5.91 Å². The number of nitrogens with zero attached hydrogens (tertiary/aromatic N) is 3. The number of hydrogen-bond donors (Lipinski definition) is 3. The Labute approximate surface area is 144 Å². The second kappa shape index (κ2) is 6.67. The molecule has 9 heteroatoms. The van der Waals surface area contributed by atoms with Gasteiger partial charge in [0.15, 0.2) is 0 Å². The maximum absolute atomic E-state index is 12.1. The zero-order valence-electron chi connectivity index (χ0n) is 12.2. The summed E-state index contributed by atoms with van der Waals surface area (Å²) in [6.07, 6.45) is 0.0452. The number of phenols is 1. The van der Waals surface area contributed by atoms with Gasteiger partial charge in [0.1, 0.15) is 5.75 Å². The molecule has 0 fully saturated rings. The molecule has 0 radical (unpaired) electrons. The van der Waals surface area contributed by atoms with Crippen LogP contribution in [0.15, 0.2) is 51.7 Å². The van der Waals surface area contributed by atoms with Crippen LogP contribution in [0, 0.1) is 0 Å². The quantitative estimate of drug-likeness (QED) is 0.627. The lowest BCUT2D eigenvalue weighted by molar-refractivity contribution is -0.115. The van der Waals surface area contributed by atoms with E-state index in [0.717, 1.165) is 9.15 Å². The number of hydrogen-bond acceptors (Lipinski definition) is 5. The molecule has 0 bridgehead atoms. The summed E-state index contributed by atoms with van der Waals surface area (Å²) in [5.41, 5.74) is 1.17. The van der Waals surface area contributed by atoms with Crippen molar-refractivity contribution in [2.75, 3.05) is 5.32 Å². The number of tetrazole rings is 1. The summed E-state index contributed by atoms with van der Waals surface area (Å²) >= 11 is 3.25. The number of H-pyrrole nitrogens is 1. The Hall–Kier alpha value is -2.94. The van der Waals surface area contributed by atoms with Gasteiger partial charge in [-0.1, -0.05) is 22.0 Å². The molecular formula is C15H12BrN5O3. The number of aromatic nitrogens is 4. The maximum atomic E-state index is 12.1. The van der Waals surface area contributed by atoms with Crippen LogP contribution in [0.4, 0.5) is 5.69 Å². The van der Waals surface area contributed by atoms with Crippen LogP contribution in [0.2, 0.25) is 0 Å². The third-order valence-corrected chi connectivity index (χ3v) is 3.76. The highest BCUT2D eigenvalue weighted by atomic mass is 79.9. The normalized spacial score (nSPS) is 10.5. The molecule has 0 atom stereocenters. The molecule has 3 aromatic rings. The third-order valence-electron chi connectivity index (χ3n) is 3.27. The molecule has 3 N–H and O–H groups in total. The molecule has 0 unspecified atom stereocenters. The van der Waals surface area contributed by atoms with Crippen molar-refractivity contribution >= 4 is 27.5 Å². The molecule has 122 valence electrons. The summed E-state index contributed by atoms with van der Waals surface area (Å²) in [5, 5.41) is 21.8. The summed E-state index contributed by atoms with van der Waals surface area (Å²) < 4.78 is 1.84. The van der Waals surface area contributed by atoms with E-state index in [1.165, 1.54) is 6.07 Å². The van der Waals surface area contributed by atoms with E-state index in [0.29, 0.717) is 16.9 Å². The number of amides is 1. The molecule has 0 aliphatic rings. The molecule has 8 nitrogen and oxygen atoms in total. The maximum Gasteiger partial charge on any atom is 0.365 e. The Morgan fingerprint density at radius 1 is 1.25 bits per heavy atom. The average molecular weight is 390 g/mol. The zero-order valence-corrected chi connectivity index (χ0v) is 13.8. The summed E-state index contributed by atoms with van der Waals surface area (Å²) in [6, 6.07) is 11.5. The van der Waals surface area contributed by atoms with Gasteiger partial charge in [0, 0.05) is 15.7 Å². The Balaban J connectivity index is 1.68. The monoisotopic (exact) mass is 389 g/mol. The molecular weight excluding hydrogens is 378 g/mol. The van der Waals surface area contributed by atoms with E-state index in [1.54, 1.807) is 36.4 Å². The van der Waals surface area contributed by atoms with E-state index in [-0.39, 0.29) is 18.1 Å². The lowest BCUT2D eigenvalue weighted by atomic mass is 10.1. The summed E-state index contributed by atoms with van der Waals surface area (Å²) in [6.45, 7) is 0. The number of halogens is 1. The Morgan fingerprint density at radius 2 is 2.00 bits per heavy atom. The molecule has 24 heavy (non-hydrogen) atoms.